The van der Waals surface area contributed by atoms with E-state index in [0.29, 0.717) is 0 Å². The summed E-state index contributed by atoms with van der Waals surface area (Å²) >= 11 is 0. The fourth-order valence-electron chi connectivity index (χ4n) is 1.75. The molecule has 1 aromatic rings. The maximum atomic E-state index is 11.8. The van der Waals surface area contributed by atoms with E-state index in [1.807, 2.05) is 6.92 Å². The molecule has 0 aliphatic carbocycles. The molecule has 0 aromatic carbocycles. The second-order valence-corrected chi connectivity index (χ2v) is 4.70. The van der Waals surface area contributed by atoms with Crippen LogP contribution in [0.15, 0.2) is 0 Å². The van der Waals surface area contributed by atoms with Crippen LogP contribution in [0.25, 0.3) is 0 Å². The molecular formula is C12H23N5O. The Balaban J connectivity index is 2.20. The number of hydrogen-bond acceptors (Lipinski definition) is 4. The fourth-order valence-corrected chi connectivity index (χ4v) is 1.75. The molecule has 1 N–H and O–H groups in total. The largest absolute Gasteiger partial charge is 0.292 e. The van der Waals surface area contributed by atoms with Crippen molar-refractivity contribution in [2.45, 2.75) is 52.4 Å². The number of carbonyl (C=O) groups is 1. The molecule has 0 saturated heterocycles. The highest BCUT2D eigenvalue weighted by atomic mass is 16.2. The van der Waals surface area contributed by atoms with Crippen LogP contribution in [0.4, 0.5) is 5.95 Å². The van der Waals surface area contributed by atoms with Gasteiger partial charge in [0.15, 0.2) is 0 Å². The van der Waals surface area contributed by atoms with E-state index in [1.165, 1.54) is 30.5 Å². The number of aryl methyl sites for hydroxylation is 1. The first-order valence-corrected chi connectivity index (χ1v) is 6.68. The van der Waals surface area contributed by atoms with Gasteiger partial charge in [-0.05, 0) is 11.6 Å². The molecule has 1 rings (SSSR count). The molecule has 6 nitrogen and oxygen atoms in total. The van der Waals surface area contributed by atoms with Crippen LogP contribution in [-0.2, 0) is 11.8 Å². The second kappa shape index (κ2) is 7.79. The lowest BCUT2D eigenvalue weighted by Gasteiger charge is -2.09. The highest BCUT2D eigenvalue weighted by Crippen LogP contribution is 2.12. The molecule has 1 amide bonds. The van der Waals surface area contributed by atoms with Gasteiger partial charge in [0.2, 0.25) is 5.91 Å². The summed E-state index contributed by atoms with van der Waals surface area (Å²) in [6.45, 7) is 4.13. The van der Waals surface area contributed by atoms with Crippen molar-refractivity contribution in [3.63, 3.8) is 0 Å². The van der Waals surface area contributed by atoms with Gasteiger partial charge in [-0.1, -0.05) is 51.1 Å². The molecule has 0 spiro atoms. The van der Waals surface area contributed by atoms with E-state index >= 15 is 0 Å². The number of nitrogens with one attached hydrogen (secondary N) is 1. The Morgan fingerprint density at radius 1 is 1.33 bits per heavy atom. The molecule has 0 aliphatic heterocycles. The smallest absolute Gasteiger partial charge is 0.270 e. The van der Waals surface area contributed by atoms with Gasteiger partial charge in [0.25, 0.3) is 5.95 Å². The lowest BCUT2D eigenvalue weighted by molar-refractivity contribution is -0.119. The first kappa shape index (κ1) is 14.6. The van der Waals surface area contributed by atoms with Gasteiger partial charge in [0, 0.05) is 5.92 Å². The van der Waals surface area contributed by atoms with Crippen molar-refractivity contribution in [1.82, 2.24) is 20.2 Å². The number of unbranched alkanes of at least 4 members (excludes halogenated alkanes) is 4. The van der Waals surface area contributed by atoms with E-state index in [4.69, 9.17) is 0 Å². The summed E-state index contributed by atoms with van der Waals surface area (Å²) in [6.07, 6.45) is 7.00. The van der Waals surface area contributed by atoms with Crippen molar-refractivity contribution in [1.29, 1.82) is 0 Å². The number of anilines is 1. The minimum absolute atomic E-state index is 0.00423. The molecule has 1 atom stereocenters. The number of amides is 1. The molecule has 0 aliphatic rings. The van der Waals surface area contributed by atoms with Crippen LogP contribution in [-0.4, -0.2) is 26.1 Å². The summed E-state index contributed by atoms with van der Waals surface area (Å²) in [4.78, 5) is 13.1. The Morgan fingerprint density at radius 3 is 2.67 bits per heavy atom. The van der Waals surface area contributed by atoms with Crippen molar-refractivity contribution < 1.29 is 4.79 Å². The normalized spacial score (nSPS) is 12.4. The molecule has 0 fully saturated rings. The molecule has 0 saturated carbocycles. The predicted molar refractivity (Wildman–Crippen MR) is 70.0 cm³/mol. The van der Waals surface area contributed by atoms with Gasteiger partial charge in [-0.3, -0.25) is 10.1 Å². The van der Waals surface area contributed by atoms with E-state index < -0.39 is 0 Å². The Morgan fingerprint density at radius 2 is 2.06 bits per heavy atom. The summed E-state index contributed by atoms with van der Waals surface area (Å²) in [5, 5.41) is 14.0. The standard InChI is InChI=1S/C12H23N5O/c1-4-5-6-7-8-9-10(2)11(18)13-12-14-16-17(3)15-12/h10H,4-9H2,1-3H3,(H,13,15,18). The van der Waals surface area contributed by atoms with Gasteiger partial charge in [-0.25, -0.2) is 0 Å². The van der Waals surface area contributed by atoms with Crippen molar-refractivity contribution in [2.24, 2.45) is 13.0 Å². The third kappa shape index (κ3) is 5.25. The van der Waals surface area contributed by atoms with Gasteiger partial charge >= 0.3 is 0 Å². The van der Waals surface area contributed by atoms with E-state index in [1.54, 1.807) is 7.05 Å². The highest BCUT2D eigenvalue weighted by molar-refractivity contribution is 5.90. The summed E-state index contributed by atoms with van der Waals surface area (Å²) in [5.74, 6) is 0.245. The Kier molecular flexibility index (Phi) is 6.32. The van der Waals surface area contributed by atoms with Crippen LogP contribution in [0.3, 0.4) is 0 Å². The molecule has 0 radical (unpaired) electrons. The van der Waals surface area contributed by atoms with Crippen molar-refractivity contribution >= 4 is 11.9 Å². The minimum atomic E-state index is -0.0292. The first-order chi connectivity index (χ1) is 8.63. The number of hydrogen-bond donors (Lipinski definition) is 1. The second-order valence-electron chi connectivity index (χ2n) is 4.70. The van der Waals surface area contributed by atoms with Gasteiger partial charge in [-0.15, -0.1) is 5.10 Å². The number of carbonyl (C=O) groups excluding carboxylic acids is 1. The molecule has 6 heteroatoms. The van der Waals surface area contributed by atoms with Crippen molar-refractivity contribution in [3.05, 3.63) is 0 Å². The van der Waals surface area contributed by atoms with Crippen LogP contribution in [0.2, 0.25) is 0 Å². The molecule has 1 aromatic heterocycles. The number of rotatable bonds is 8. The van der Waals surface area contributed by atoms with Crippen LogP contribution in [0, 0.1) is 5.92 Å². The zero-order valence-electron chi connectivity index (χ0n) is 11.5. The number of nitrogens with zero attached hydrogens (tertiary/aromatic N) is 4. The summed E-state index contributed by atoms with van der Waals surface area (Å²) in [5.41, 5.74) is 0. The van der Waals surface area contributed by atoms with E-state index in [-0.39, 0.29) is 17.8 Å². The Hall–Kier alpha value is -1.46. The van der Waals surface area contributed by atoms with Gasteiger partial charge in [-0.2, -0.15) is 4.80 Å². The SMILES string of the molecule is CCCCCCCC(C)C(=O)Nc1nnn(C)n1. The van der Waals surface area contributed by atoms with Crippen LogP contribution < -0.4 is 5.32 Å². The third-order valence-electron chi connectivity index (χ3n) is 2.93. The molecular weight excluding hydrogens is 230 g/mol. The van der Waals surface area contributed by atoms with Gasteiger partial charge in [0.05, 0.1) is 7.05 Å². The zero-order valence-corrected chi connectivity index (χ0v) is 11.5. The van der Waals surface area contributed by atoms with E-state index in [9.17, 15) is 4.79 Å². The summed E-state index contributed by atoms with van der Waals surface area (Å²) in [7, 11) is 1.67. The van der Waals surface area contributed by atoms with E-state index in [2.05, 4.69) is 27.7 Å². The zero-order chi connectivity index (χ0) is 13.4. The molecule has 0 bridgehead atoms. The lowest BCUT2D eigenvalue weighted by Crippen LogP contribution is -2.21. The number of tetrazole rings is 1. The maximum absolute atomic E-state index is 11.8. The van der Waals surface area contributed by atoms with Crippen molar-refractivity contribution in [3.8, 4) is 0 Å². The fraction of sp³-hybridized carbons (Fsp3) is 0.833. The quantitative estimate of drug-likeness (QED) is 0.720. The van der Waals surface area contributed by atoms with E-state index in [0.717, 1.165) is 12.8 Å². The van der Waals surface area contributed by atoms with Crippen LogP contribution >= 0.6 is 0 Å². The monoisotopic (exact) mass is 253 g/mol. The Bertz CT molecular complexity index is 363. The van der Waals surface area contributed by atoms with Crippen molar-refractivity contribution in [2.75, 3.05) is 5.32 Å². The van der Waals surface area contributed by atoms with Gasteiger partial charge < -0.3 is 0 Å². The average molecular weight is 253 g/mol. The lowest BCUT2D eigenvalue weighted by atomic mass is 10.0. The molecule has 1 heterocycles. The summed E-state index contributed by atoms with van der Waals surface area (Å²) in [6, 6.07) is 0. The molecule has 1 unspecified atom stereocenters. The molecule has 18 heavy (non-hydrogen) atoms. The first-order valence-electron chi connectivity index (χ1n) is 6.68. The Labute approximate surface area is 108 Å². The van der Waals surface area contributed by atoms with Crippen LogP contribution in [0.5, 0.6) is 0 Å². The minimum Gasteiger partial charge on any atom is -0.292 e. The van der Waals surface area contributed by atoms with Crippen LogP contribution in [0.1, 0.15) is 52.4 Å². The number of aromatic nitrogens is 4. The highest BCUT2D eigenvalue weighted by Gasteiger charge is 2.14. The third-order valence-corrected chi connectivity index (χ3v) is 2.93. The predicted octanol–water partition coefficient (Wildman–Crippen LogP) is 2.15. The summed E-state index contributed by atoms with van der Waals surface area (Å²) < 4.78 is 0. The topological polar surface area (TPSA) is 72.7 Å². The molecule has 102 valence electrons. The maximum Gasteiger partial charge on any atom is 0.270 e. The van der Waals surface area contributed by atoms with Gasteiger partial charge in [0.1, 0.15) is 0 Å². The average Bonchev–Trinajstić information content (AvgIpc) is 2.74.